The van der Waals surface area contributed by atoms with E-state index in [1.54, 1.807) is 12.1 Å². The summed E-state index contributed by atoms with van der Waals surface area (Å²) in [4.78, 5) is 4.49. The molecule has 18 heavy (non-hydrogen) atoms. The van der Waals surface area contributed by atoms with Crippen LogP contribution >= 0.6 is 0 Å². The molecule has 0 bridgehead atoms. The van der Waals surface area contributed by atoms with Crippen LogP contribution in [0.1, 0.15) is 37.9 Å². The molecular weight excluding hydrogens is 225 g/mol. The van der Waals surface area contributed by atoms with Crippen molar-refractivity contribution >= 4 is 0 Å². The third-order valence-electron chi connectivity index (χ3n) is 3.14. The molecule has 2 heteroatoms. The van der Waals surface area contributed by atoms with Crippen LogP contribution in [0.15, 0.2) is 36.5 Å². The summed E-state index contributed by atoms with van der Waals surface area (Å²) in [6.45, 7) is 6.41. The molecule has 0 unspecified atom stereocenters. The average Bonchev–Trinajstić information content (AvgIpc) is 2.39. The molecule has 0 N–H and O–H groups in total. The molecule has 0 aliphatic carbocycles. The number of hydrogen-bond acceptors (Lipinski definition) is 1. The number of pyridine rings is 1. The van der Waals surface area contributed by atoms with Crippen molar-refractivity contribution in [3.05, 3.63) is 53.6 Å². The molecule has 0 saturated heterocycles. The van der Waals surface area contributed by atoms with Crippen LogP contribution in [0.2, 0.25) is 0 Å². The molecule has 1 heterocycles. The summed E-state index contributed by atoms with van der Waals surface area (Å²) in [5.41, 5.74) is 4.50. The lowest BCUT2D eigenvalue weighted by atomic mass is 9.97. The molecule has 1 aromatic carbocycles. The van der Waals surface area contributed by atoms with Crippen molar-refractivity contribution in [2.24, 2.45) is 0 Å². The van der Waals surface area contributed by atoms with Gasteiger partial charge in [0, 0.05) is 17.5 Å². The minimum Gasteiger partial charge on any atom is -0.260 e. The number of aryl methyl sites for hydroxylation is 1. The minimum atomic E-state index is -0.205. The largest absolute Gasteiger partial charge is 0.260 e. The Kier molecular flexibility index (Phi) is 3.75. The number of nitrogens with zero attached hydrogens (tertiary/aromatic N) is 1. The fourth-order valence-corrected chi connectivity index (χ4v) is 2.01. The lowest BCUT2D eigenvalue weighted by Crippen LogP contribution is -1.97. The lowest BCUT2D eigenvalue weighted by molar-refractivity contribution is 0.628. The van der Waals surface area contributed by atoms with Crippen LogP contribution in [0.3, 0.4) is 0 Å². The van der Waals surface area contributed by atoms with Gasteiger partial charge in [-0.15, -0.1) is 0 Å². The second-order valence-electron chi connectivity index (χ2n) is 4.78. The average molecular weight is 243 g/mol. The summed E-state index contributed by atoms with van der Waals surface area (Å²) in [5.74, 6) is 0.223. The molecule has 94 valence electrons. The highest BCUT2D eigenvalue weighted by molar-refractivity contribution is 5.66. The highest BCUT2D eigenvalue weighted by atomic mass is 19.1. The van der Waals surface area contributed by atoms with Crippen molar-refractivity contribution in [2.75, 3.05) is 0 Å². The third-order valence-corrected chi connectivity index (χ3v) is 3.14. The van der Waals surface area contributed by atoms with Crippen molar-refractivity contribution < 1.29 is 4.39 Å². The topological polar surface area (TPSA) is 12.9 Å². The van der Waals surface area contributed by atoms with E-state index in [0.717, 1.165) is 23.2 Å². The van der Waals surface area contributed by atoms with Crippen LogP contribution in [0.5, 0.6) is 0 Å². The van der Waals surface area contributed by atoms with Crippen LogP contribution in [-0.4, -0.2) is 4.98 Å². The number of benzene rings is 1. The zero-order chi connectivity index (χ0) is 13.1. The van der Waals surface area contributed by atoms with Gasteiger partial charge in [-0.1, -0.05) is 32.9 Å². The molecule has 0 radical (unpaired) electrons. The van der Waals surface area contributed by atoms with Crippen molar-refractivity contribution in [1.82, 2.24) is 4.98 Å². The van der Waals surface area contributed by atoms with E-state index in [-0.39, 0.29) is 5.82 Å². The van der Waals surface area contributed by atoms with E-state index >= 15 is 0 Å². The zero-order valence-electron chi connectivity index (χ0n) is 11.1. The van der Waals surface area contributed by atoms with Gasteiger partial charge in [0.05, 0.1) is 0 Å². The van der Waals surface area contributed by atoms with E-state index in [0.29, 0.717) is 5.92 Å². The van der Waals surface area contributed by atoms with Gasteiger partial charge in [0.1, 0.15) is 5.82 Å². The molecule has 1 aromatic heterocycles. The molecule has 1 nitrogen and oxygen atoms in total. The normalized spacial score (nSPS) is 10.9. The van der Waals surface area contributed by atoms with E-state index < -0.39 is 0 Å². The highest BCUT2D eigenvalue weighted by Crippen LogP contribution is 2.26. The Morgan fingerprint density at radius 1 is 1.17 bits per heavy atom. The SMILES string of the molecule is CCc1cc(C(C)C)ncc1-c1ccc(F)cc1. The Hall–Kier alpha value is -1.70. The Labute approximate surface area is 108 Å². The van der Waals surface area contributed by atoms with Crippen molar-refractivity contribution in [3.63, 3.8) is 0 Å². The van der Waals surface area contributed by atoms with Gasteiger partial charge >= 0.3 is 0 Å². The Bertz CT molecular complexity index is 529. The summed E-state index contributed by atoms with van der Waals surface area (Å²) in [6.07, 6.45) is 2.86. The quantitative estimate of drug-likeness (QED) is 0.769. The summed E-state index contributed by atoms with van der Waals surface area (Å²) in [7, 11) is 0. The fraction of sp³-hybridized carbons (Fsp3) is 0.312. The Balaban J connectivity index is 2.47. The molecule has 0 spiro atoms. The molecular formula is C16H18FN. The van der Waals surface area contributed by atoms with Crippen LogP contribution in [0, 0.1) is 5.82 Å². The summed E-state index contributed by atoms with van der Waals surface area (Å²) >= 11 is 0. The minimum absolute atomic E-state index is 0.205. The van der Waals surface area contributed by atoms with E-state index in [4.69, 9.17) is 0 Å². The standard InChI is InChI=1S/C16H18FN/c1-4-12-9-16(11(2)3)18-10-15(12)13-5-7-14(17)8-6-13/h5-11H,4H2,1-3H3. The Morgan fingerprint density at radius 3 is 2.39 bits per heavy atom. The summed E-state index contributed by atoms with van der Waals surface area (Å²) in [6, 6.07) is 8.75. The Morgan fingerprint density at radius 2 is 1.83 bits per heavy atom. The van der Waals surface area contributed by atoms with Gasteiger partial charge in [-0.3, -0.25) is 4.98 Å². The number of hydrogen-bond donors (Lipinski definition) is 0. The van der Waals surface area contributed by atoms with E-state index in [2.05, 4.69) is 31.8 Å². The van der Waals surface area contributed by atoms with Crippen molar-refractivity contribution in [1.29, 1.82) is 0 Å². The first kappa shape index (κ1) is 12.7. The second kappa shape index (κ2) is 5.30. The van der Waals surface area contributed by atoms with Gasteiger partial charge in [0.25, 0.3) is 0 Å². The molecule has 0 atom stereocenters. The monoisotopic (exact) mass is 243 g/mol. The smallest absolute Gasteiger partial charge is 0.123 e. The second-order valence-corrected chi connectivity index (χ2v) is 4.78. The molecule has 0 aliphatic rings. The van der Waals surface area contributed by atoms with Gasteiger partial charge in [-0.05, 0) is 41.7 Å². The van der Waals surface area contributed by atoms with E-state index in [1.807, 2.05) is 6.20 Å². The van der Waals surface area contributed by atoms with Crippen LogP contribution in [-0.2, 0) is 6.42 Å². The molecule has 0 amide bonds. The van der Waals surface area contributed by atoms with Gasteiger partial charge in [0.2, 0.25) is 0 Å². The maximum atomic E-state index is 12.9. The van der Waals surface area contributed by atoms with Crippen LogP contribution in [0.4, 0.5) is 4.39 Å². The molecule has 2 aromatic rings. The predicted molar refractivity (Wildman–Crippen MR) is 73.1 cm³/mol. The molecule has 0 aliphatic heterocycles. The van der Waals surface area contributed by atoms with E-state index in [1.165, 1.54) is 17.7 Å². The third kappa shape index (κ3) is 2.58. The summed E-state index contributed by atoms with van der Waals surface area (Å²) < 4.78 is 12.9. The first-order valence-electron chi connectivity index (χ1n) is 6.36. The maximum Gasteiger partial charge on any atom is 0.123 e. The van der Waals surface area contributed by atoms with Gasteiger partial charge in [-0.25, -0.2) is 4.39 Å². The summed E-state index contributed by atoms with van der Waals surface area (Å²) in [5, 5.41) is 0. The van der Waals surface area contributed by atoms with Crippen LogP contribution in [0.25, 0.3) is 11.1 Å². The van der Waals surface area contributed by atoms with E-state index in [9.17, 15) is 4.39 Å². The molecule has 0 fully saturated rings. The van der Waals surface area contributed by atoms with Gasteiger partial charge in [0.15, 0.2) is 0 Å². The number of aromatic nitrogens is 1. The first-order chi connectivity index (χ1) is 8.61. The molecule has 2 rings (SSSR count). The van der Waals surface area contributed by atoms with Gasteiger partial charge in [-0.2, -0.15) is 0 Å². The lowest BCUT2D eigenvalue weighted by Gasteiger charge is -2.11. The zero-order valence-corrected chi connectivity index (χ0v) is 11.1. The van der Waals surface area contributed by atoms with Crippen LogP contribution < -0.4 is 0 Å². The van der Waals surface area contributed by atoms with Crippen molar-refractivity contribution in [2.45, 2.75) is 33.1 Å². The number of rotatable bonds is 3. The number of halogens is 1. The van der Waals surface area contributed by atoms with Crippen molar-refractivity contribution in [3.8, 4) is 11.1 Å². The predicted octanol–water partition coefficient (Wildman–Crippen LogP) is 4.57. The fourth-order valence-electron chi connectivity index (χ4n) is 2.01. The maximum absolute atomic E-state index is 12.9. The van der Waals surface area contributed by atoms with Gasteiger partial charge < -0.3 is 0 Å². The first-order valence-corrected chi connectivity index (χ1v) is 6.36. The highest BCUT2D eigenvalue weighted by Gasteiger charge is 2.08. The molecule has 0 saturated carbocycles.